The number of ether oxygens (including phenoxy) is 1. The Morgan fingerprint density at radius 2 is 1.81 bits per heavy atom. The number of hydrogen-bond acceptors (Lipinski definition) is 9. The molecule has 192 valence electrons. The summed E-state index contributed by atoms with van der Waals surface area (Å²) in [5.74, 6) is -3.60. The number of non-ortho nitro benzene ring substituents is 1. The lowest BCUT2D eigenvalue weighted by Gasteiger charge is -2.51. The SMILES string of the molecule is O=C(NC(C(=O)NC1C(=O)N2C(C(=O)O)C(=O)CS[C@@H]12)c1ccccc1)OCc1ccc([N+](=O)[O-])cc1. The molecular weight excluding hydrogens is 508 g/mol. The van der Waals surface area contributed by atoms with Gasteiger partial charge in [0.25, 0.3) is 5.69 Å². The van der Waals surface area contributed by atoms with Gasteiger partial charge in [-0.3, -0.25) is 24.5 Å². The van der Waals surface area contributed by atoms with Crippen molar-refractivity contribution in [1.29, 1.82) is 0 Å². The van der Waals surface area contributed by atoms with Crippen molar-refractivity contribution in [2.24, 2.45) is 0 Å². The first kappa shape index (κ1) is 25.6. The third-order valence-electron chi connectivity index (χ3n) is 5.77. The number of ketones is 1. The number of alkyl carbamates (subject to hydrolysis) is 1. The van der Waals surface area contributed by atoms with Gasteiger partial charge in [-0.1, -0.05) is 30.3 Å². The molecule has 2 aliphatic heterocycles. The number of carboxylic acid groups (broad SMARTS) is 1. The minimum absolute atomic E-state index is 0.117. The maximum atomic E-state index is 13.1. The van der Waals surface area contributed by atoms with Crippen molar-refractivity contribution in [3.8, 4) is 0 Å². The van der Waals surface area contributed by atoms with Crippen molar-refractivity contribution in [3.63, 3.8) is 0 Å². The first-order valence-corrected chi connectivity index (χ1v) is 11.9. The van der Waals surface area contributed by atoms with E-state index in [-0.39, 0.29) is 18.0 Å². The number of nitro groups is 1. The number of carboxylic acids is 1. The van der Waals surface area contributed by atoms with Crippen LogP contribution >= 0.6 is 11.8 Å². The van der Waals surface area contributed by atoms with E-state index in [1.807, 2.05) is 0 Å². The summed E-state index contributed by atoms with van der Waals surface area (Å²) < 4.78 is 5.15. The number of carbonyl (C=O) groups is 5. The fraction of sp³-hybridized carbons (Fsp3) is 0.261. The molecule has 4 rings (SSSR count). The first-order valence-electron chi connectivity index (χ1n) is 10.9. The van der Waals surface area contributed by atoms with Gasteiger partial charge >= 0.3 is 12.1 Å². The highest BCUT2D eigenvalue weighted by Gasteiger charge is 2.58. The van der Waals surface area contributed by atoms with E-state index in [0.717, 1.165) is 16.7 Å². The second-order valence-corrected chi connectivity index (χ2v) is 9.23. The number of nitro benzene ring substituents is 1. The lowest BCUT2D eigenvalue weighted by Crippen LogP contribution is -2.76. The molecule has 37 heavy (non-hydrogen) atoms. The number of thioether (sulfide) groups is 1. The molecule has 2 heterocycles. The molecule has 2 fully saturated rings. The zero-order valence-corrected chi connectivity index (χ0v) is 19.8. The summed E-state index contributed by atoms with van der Waals surface area (Å²) in [6.45, 7) is -0.216. The molecule has 0 aromatic heterocycles. The molecule has 2 aromatic carbocycles. The molecule has 0 bridgehead atoms. The smallest absolute Gasteiger partial charge is 0.408 e. The number of nitrogens with one attached hydrogen (secondary N) is 2. The van der Waals surface area contributed by atoms with Gasteiger partial charge in [0.2, 0.25) is 11.8 Å². The molecule has 0 spiro atoms. The second-order valence-electron chi connectivity index (χ2n) is 8.13. The van der Waals surface area contributed by atoms with Gasteiger partial charge in [-0.2, -0.15) is 0 Å². The number of nitrogens with zero attached hydrogens (tertiary/aromatic N) is 2. The summed E-state index contributed by atoms with van der Waals surface area (Å²) in [6, 6.07) is 9.65. The third-order valence-corrected chi connectivity index (χ3v) is 7.06. The monoisotopic (exact) mass is 528 g/mol. The van der Waals surface area contributed by atoms with E-state index < -0.39 is 58.1 Å². The molecule has 3 amide bonds. The minimum Gasteiger partial charge on any atom is -0.479 e. The quantitative estimate of drug-likeness (QED) is 0.193. The van der Waals surface area contributed by atoms with Crippen LogP contribution in [0.25, 0.3) is 0 Å². The largest absolute Gasteiger partial charge is 0.479 e. The van der Waals surface area contributed by atoms with Crippen molar-refractivity contribution in [3.05, 3.63) is 75.8 Å². The first-order chi connectivity index (χ1) is 17.7. The molecule has 2 saturated heterocycles. The lowest BCUT2D eigenvalue weighted by atomic mass is 9.99. The second kappa shape index (κ2) is 10.7. The van der Waals surface area contributed by atoms with Crippen LogP contribution in [0.5, 0.6) is 0 Å². The van der Waals surface area contributed by atoms with Gasteiger partial charge in [0.15, 0.2) is 11.8 Å². The zero-order valence-electron chi connectivity index (χ0n) is 18.9. The number of β-lactam (4-membered cyclic amide) rings is 1. The van der Waals surface area contributed by atoms with Crippen LogP contribution in [0.1, 0.15) is 17.2 Å². The van der Waals surface area contributed by atoms with Crippen LogP contribution in [0.3, 0.4) is 0 Å². The number of aliphatic carboxylic acids is 1. The molecule has 0 aliphatic carbocycles. The van der Waals surface area contributed by atoms with Crippen molar-refractivity contribution in [2.45, 2.75) is 30.1 Å². The fourth-order valence-electron chi connectivity index (χ4n) is 3.93. The molecule has 14 heteroatoms. The van der Waals surface area contributed by atoms with Crippen LogP contribution in [0.2, 0.25) is 0 Å². The molecule has 4 atom stereocenters. The molecule has 13 nitrogen and oxygen atoms in total. The normalized spacial score (nSPS) is 21.2. The van der Waals surface area contributed by atoms with Gasteiger partial charge in [0.1, 0.15) is 24.1 Å². The average Bonchev–Trinajstić information content (AvgIpc) is 2.89. The average molecular weight is 528 g/mol. The lowest BCUT2D eigenvalue weighted by molar-refractivity contribution is -0.384. The Hall–Kier alpha value is -4.46. The number of rotatable bonds is 8. The molecular formula is C23H20N4O9S. The predicted octanol–water partition coefficient (Wildman–Crippen LogP) is 0.985. The summed E-state index contributed by atoms with van der Waals surface area (Å²) in [5.41, 5.74) is 0.762. The van der Waals surface area contributed by atoms with E-state index in [0.29, 0.717) is 11.1 Å². The van der Waals surface area contributed by atoms with Gasteiger partial charge in [0.05, 0.1) is 10.7 Å². The Labute approximate surface area is 213 Å². The van der Waals surface area contributed by atoms with Crippen LogP contribution in [0.4, 0.5) is 10.5 Å². The van der Waals surface area contributed by atoms with Crippen molar-refractivity contribution in [2.75, 3.05) is 5.75 Å². The maximum Gasteiger partial charge on any atom is 0.408 e. The fourth-order valence-corrected chi connectivity index (χ4v) is 5.19. The minimum atomic E-state index is -1.59. The van der Waals surface area contributed by atoms with Crippen LogP contribution < -0.4 is 10.6 Å². The highest BCUT2D eigenvalue weighted by Crippen LogP contribution is 2.37. The molecule has 3 unspecified atom stereocenters. The molecule has 0 saturated carbocycles. The highest BCUT2D eigenvalue weighted by atomic mass is 32.2. The van der Waals surface area contributed by atoms with Crippen molar-refractivity contribution < 1.29 is 38.7 Å². The van der Waals surface area contributed by atoms with E-state index in [9.17, 15) is 39.2 Å². The van der Waals surface area contributed by atoms with E-state index >= 15 is 0 Å². The van der Waals surface area contributed by atoms with Gasteiger partial charge in [-0.25, -0.2) is 9.59 Å². The Balaban J connectivity index is 1.42. The Morgan fingerprint density at radius 3 is 2.43 bits per heavy atom. The molecule has 2 aromatic rings. The maximum absolute atomic E-state index is 13.1. The molecule has 3 N–H and O–H groups in total. The number of carbonyl (C=O) groups excluding carboxylic acids is 4. The van der Waals surface area contributed by atoms with Crippen molar-refractivity contribution in [1.82, 2.24) is 15.5 Å². The van der Waals surface area contributed by atoms with Gasteiger partial charge < -0.3 is 25.4 Å². The van der Waals surface area contributed by atoms with Gasteiger partial charge in [0, 0.05) is 12.1 Å². The third kappa shape index (κ3) is 5.38. The van der Waals surface area contributed by atoms with Crippen LogP contribution in [-0.2, 0) is 30.5 Å². The Morgan fingerprint density at radius 1 is 1.14 bits per heavy atom. The number of benzene rings is 2. The van der Waals surface area contributed by atoms with E-state index in [4.69, 9.17) is 4.74 Å². The standard InChI is InChI=1S/C23H20N4O9S/c28-15-11-37-21-17(20(30)26(21)18(15)22(31)32)24-19(29)16(13-4-2-1-3-5-13)25-23(33)36-10-12-6-8-14(9-7-12)27(34)35/h1-9,16-18,21H,10-11H2,(H,24,29)(H,25,33)(H,31,32)/t16?,17?,18?,21-/m0/s1. The van der Waals surface area contributed by atoms with E-state index in [1.165, 1.54) is 24.3 Å². The van der Waals surface area contributed by atoms with E-state index in [1.54, 1.807) is 30.3 Å². The zero-order chi connectivity index (χ0) is 26.7. The van der Waals surface area contributed by atoms with E-state index in [2.05, 4.69) is 10.6 Å². The predicted molar refractivity (Wildman–Crippen MR) is 127 cm³/mol. The summed E-state index contributed by atoms with van der Waals surface area (Å²) in [4.78, 5) is 72.8. The molecule has 0 radical (unpaired) electrons. The summed E-state index contributed by atoms with van der Waals surface area (Å²) >= 11 is 1.05. The number of fused-ring (bicyclic) bond motifs is 1. The number of Topliss-reactive ketones (excluding diaryl/α,β-unsaturated/α-hetero) is 1. The summed E-state index contributed by atoms with van der Waals surface area (Å²) in [7, 11) is 0. The number of hydrogen-bond donors (Lipinski definition) is 3. The summed E-state index contributed by atoms with van der Waals surface area (Å²) in [5, 5.41) is 24.3. The van der Waals surface area contributed by atoms with Gasteiger partial charge in [-0.15, -0.1) is 11.8 Å². The molecule has 2 aliphatic rings. The van der Waals surface area contributed by atoms with Crippen LogP contribution in [0.15, 0.2) is 54.6 Å². The topological polar surface area (TPSA) is 185 Å². The highest BCUT2D eigenvalue weighted by molar-refractivity contribution is 8.00. The van der Waals surface area contributed by atoms with Crippen molar-refractivity contribution >= 4 is 47.1 Å². The van der Waals surface area contributed by atoms with Crippen LogP contribution in [0, 0.1) is 10.1 Å². The number of amides is 3. The summed E-state index contributed by atoms with van der Waals surface area (Å²) in [6.07, 6.45) is -0.951. The van der Waals surface area contributed by atoms with Crippen LogP contribution in [-0.4, -0.2) is 67.8 Å². The Kier molecular flexibility index (Phi) is 7.38. The Bertz CT molecular complexity index is 1250. The van der Waals surface area contributed by atoms with Gasteiger partial charge in [-0.05, 0) is 23.3 Å².